The maximum absolute atomic E-state index is 13.4. The number of carbonyl (C=O) groups is 2. The Labute approximate surface area is 170 Å². The van der Waals surface area contributed by atoms with Crippen molar-refractivity contribution in [3.05, 3.63) is 73.0 Å². The van der Waals surface area contributed by atoms with Crippen LogP contribution in [-0.4, -0.2) is 32.6 Å². The number of nitrogens with one attached hydrogen (secondary N) is 1. The van der Waals surface area contributed by atoms with Crippen LogP contribution in [-0.2, 0) is 17.4 Å². The van der Waals surface area contributed by atoms with Crippen LogP contribution in [0, 0.1) is 0 Å². The van der Waals surface area contributed by atoms with Gasteiger partial charge < -0.3 is 0 Å². The van der Waals surface area contributed by atoms with Crippen LogP contribution in [0.2, 0.25) is 0 Å². The van der Waals surface area contributed by atoms with Gasteiger partial charge in [-0.3, -0.25) is 0 Å². The second-order valence-corrected chi connectivity index (χ2v) is 15.9. The van der Waals surface area contributed by atoms with Gasteiger partial charge >= 0.3 is 171 Å². The molecule has 3 nitrogen and oxygen atoms in total. The molecule has 0 spiro atoms. The number of thioether (sulfide) groups is 1. The summed E-state index contributed by atoms with van der Waals surface area (Å²) in [5.74, 6) is -0.392. The van der Waals surface area contributed by atoms with Gasteiger partial charge in [0.1, 0.15) is 0 Å². The normalized spacial score (nSPS) is 20.1. The molecule has 1 saturated heterocycles. The quantitative estimate of drug-likeness (QED) is 0.637. The van der Waals surface area contributed by atoms with Gasteiger partial charge in [-0.1, -0.05) is 0 Å². The predicted molar refractivity (Wildman–Crippen MR) is 103 cm³/mol. The summed E-state index contributed by atoms with van der Waals surface area (Å²) in [6.07, 6.45) is -2.17. The van der Waals surface area contributed by atoms with Crippen LogP contribution >= 0.6 is 11.8 Å². The molecule has 3 aliphatic heterocycles. The third-order valence-corrected chi connectivity index (χ3v) is 16.5. The standard InChI is InChI=1S/C20H11F3NO2S.In/c21-20(22,23)16-11-4-3-7-14(16)10-5-9-13-6-1-2-8-15(13)12-17-18(25)24-19(26)27-17;/h1-4,7-9,11H,10H2,(H,24,25,26);. The Bertz CT molecular complexity index is 1140. The predicted octanol–water partition coefficient (Wildman–Crippen LogP) is 3.83. The zero-order valence-corrected chi connectivity index (χ0v) is 18.4. The van der Waals surface area contributed by atoms with E-state index in [1.165, 1.54) is 15.5 Å². The molecule has 3 aliphatic rings. The molecule has 2 aromatic rings. The number of benzene rings is 2. The number of halogens is 3. The summed E-state index contributed by atoms with van der Waals surface area (Å²) in [6, 6.07) is 11.5. The fourth-order valence-electron chi connectivity index (χ4n) is 4.26. The van der Waals surface area contributed by atoms with Gasteiger partial charge in [0.25, 0.3) is 0 Å². The van der Waals surface area contributed by atoms with E-state index < -0.39 is 44.3 Å². The third kappa shape index (κ3) is 2.69. The van der Waals surface area contributed by atoms with Crippen LogP contribution in [0.4, 0.5) is 18.0 Å². The van der Waals surface area contributed by atoms with E-state index in [4.69, 9.17) is 0 Å². The van der Waals surface area contributed by atoms with Gasteiger partial charge in [-0.2, -0.15) is 0 Å². The summed E-state index contributed by atoms with van der Waals surface area (Å²) < 4.78 is 43.4. The van der Waals surface area contributed by atoms with Crippen LogP contribution in [0.5, 0.6) is 0 Å². The fraction of sp³-hybridized carbons (Fsp3) is 0.100. The summed E-state index contributed by atoms with van der Waals surface area (Å²) in [5, 5.41) is 1.91. The van der Waals surface area contributed by atoms with Gasteiger partial charge in [0.2, 0.25) is 0 Å². The summed E-state index contributed by atoms with van der Waals surface area (Å²) in [7, 11) is 0. The third-order valence-electron chi connectivity index (χ3n) is 5.31. The Kier molecular flexibility index (Phi) is 4.07. The van der Waals surface area contributed by atoms with Crippen molar-refractivity contribution in [2.45, 2.75) is 12.6 Å². The first-order valence-corrected chi connectivity index (χ1v) is 14.4. The molecule has 3 heterocycles. The Morgan fingerprint density at radius 1 is 1.04 bits per heavy atom. The van der Waals surface area contributed by atoms with Gasteiger partial charge in [0.05, 0.1) is 0 Å². The van der Waals surface area contributed by atoms with Crippen LogP contribution in [0.1, 0.15) is 22.3 Å². The number of hydrogen-bond donors (Lipinski definition) is 1. The van der Waals surface area contributed by atoms with Gasteiger partial charge in [-0.25, -0.2) is 0 Å². The molecular formula is C20H11F3InNO2S. The second-order valence-electron chi connectivity index (χ2n) is 6.88. The number of hydrogen-bond acceptors (Lipinski definition) is 3. The van der Waals surface area contributed by atoms with Crippen LogP contribution in [0.25, 0.3) is 9.41 Å². The van der Waals surface area contributed by atoms with E-state index in [1.54, 1.807) is 6.07 Å². The maximum atomic E-state index is 13.4. The summed E-state index contributed by atoms with van der Waals surface area (Å²) in [6.45, 7) is 0. The van der Waals surface area contributed by atoms with Gasteiger partial charge in [-0.15, -0.1) is 0 Å². The van der Waals surface area contributed by atoms with Crippen molar-refractivity contribution in [3.8, 4) is 0 Å². The molecule has 5 rings (SSSR count). The summed E-state index contributed by atoms with van der Waals surface area (Å²) in [5.41, 5.74) is 1.63. The fourth-order valence-corrected chi connectivity index (χ4v) is 16.7. The molecule has 28 heavy (non-hydrogen) atoms. The molecule has 2 amide bonds. The van der Waals surface area contributed by atoms with Crippen molar-refractivity contribution < 1.29 is 22.8 Å². The zero-order valence-electron chi connectivity index (χ0n) is 14.3. The van der Waals surface area contributed by atoms with Crippen LogP contribution in [0.3, 0.4) is 0 Å². The van der Waals surface area contributed by atoms with Crippen molar-refractivity contribution in [2.24, 2.45) is 0 Å². The van der Waals surface area contributed by atoms with Crippen molar-refractivity contribution >= 4 is 57.1 Å². The van der Waals surface area contributed by atoms with Crippen molar-refractivity contribution in [3.63, 3.8) is 0 Å². The Morgan fingerprint density at radius 3 is 2.50 bits per heavy atom. The van der Waals surface area contributed by atoms with Gasteiger partial charge in [0, 0.05) is 0 Å². The first-order chi connectivity index (χ1) is 13.3. The van der Waals surface area contributed by atoms with E-state index in [-0.39, 0.29) is 12.0 Å². The van der Waals surface area contributed by atoms with E-state index >= 15 is 0 Å². The molecule has 0 saturated carbocycles. The first kappa shape index (κ1) is 18.1. The molecule has 4 bridgehead atoms. The molecule has 138 valence electrons. The van der Waals surface area contributed by atoms with Gasteiger partial charge in [0.15, 0.2) is 0 Å². The first-order valence-electron chi connectivity index (χ1n) is 8.61. The van der Waals surface area contributed by atoms with Crippen molar-refractivity contribution in [1.82, 2.24) is 5.32 Å². The average molecular weight is 501 g/mol. The topological polar surface area (TPSA) is 46.2 Å². The summed E-state index contributed by atoms with van der Waals surface area (Å²) >= 11 is -2.01. The number of amides is 2. The summed E-state index contributed by atoms with van der Waals surface area (Å²) in [4.78, 5) is 24.4. The number of imide groups is 1. The van der Waals surface area contributed by atoms with E-state index in [2.05, 4.69) is 5.32 Å². The molecule has 2 aromatic carbocycles. The Balaban J connectivity index is 1.60. The van der Waals surface area contributed by atoms with E-state index in [9.17, 15) is 22.8 Å². The number of alkyl halides is 3. The molecule has 0 atom stereocenters. The van der Waals surface area contributed by atoms with Crippen molar-refractivity contribution in [1.29, 1.82) is 0 Å². The molecule has 0 unspecified atom stereocenters. The van der Waals surface area contributed by atoms with Crippen LogP contribution in [0.15, 0.2) is 50.7 Å². The second kappa shape index (κ2) is 6.29. The van der Waals surface area contributed by atoms with E-state index in [1.807, 2.05) is 24.3 Å². The van der Waals surface area contributed by atoms with Crippen molar-refractivity contribution in [2.75, 3.05) is 0 Å². The number of rotatable bonds is 2. The van der Waals surface area contributed by atoms with Crippen LogP contribution < -0.4 is 8.64 Å². The minimum absolute atomic E-state index is 0.224. The molecule has 1 fully saturated rings. The zero-order chi connectivity index (χ0) is 19.6. The average Bonchev–Trinajstić information content (AvgIpc) is 3.20. The Morgan fingerprint density at radius 2 is 1.82 bits per heavy atom. The minimum atomic E-state index is -4.40. The molecule has 0 radical (unpaired) electrons. The number of allylic oxidation sites excluding steroid dienone is 1. The molecule has 8 heteroatoms. The molecule has 0 aromatic heterocycles. The Hall–Kier alpha value is -1.93. The van der Waals surface area contributed by atoms with E-state index in [0.29, 0.717) is 4.91 Å². The molecule has 0 aliphatic carbocycles. The number of carbonyl (C=O) groups excluding carboxylic acids is 2. The molecule has 1 N–H and O–H groups in total. The van der Waals surface area contributed by atoms with E-state index in [0.717, 1.165) is 35.6 Å². The van der Waals surface area contributed by atoms with Gasteiger partial charge in [-0.05, 0) is 0 Å². The SMILES string of the molecule is O=C1NC(=O)/C(=[C]2\c3ccc[c]4c3C=[C](Cc3ccccc3C(F)(F)F)[In]24)S1. The monoisotopic (exact) mass is 501 g/mol. The molecular weight excluding hydrogens is 490 g/mol.